The van der Waals surface area contributed by atoms with Crippen molar-refractivity contribution < 1.29 is 10.0 Å². The second-order valence-electron chi connectivity index (χ2n) is 5.07. The van der Waals surface area contributed by atoms with Gasteiger partial charge in [-0.25, -0.2) is 0 Å². The predicted molar refractivity (Wildman–Crippen MR) is 77.7 cm³/mol. The maximum atomic E-state index is 10.6. The fourth-order valence-corrected chi connectivity index (χ4v) is 2.03. The Labute approximate surface area is 117 Å². The molecular formula is C16H17NO3. The van der Waals surface area contributed by atoms with Crippen LogP contribution in [0.5, 0.6) is 0 Å². The van der Waals surface area contributed by atoms with Crippen LogP contribution in [0.4, 0.5) is 5.69 Å². The van der Waals surface area contributed by atoms with Crippen molar-refractivity contribution >= 4 is 5.69 Å². The predicted octanol–water partition coefficient (Wildman–Crippen LogP) is 3.80. The molecule has 4 nitrogen and oxygen atoms in total. The van der Waals surface area contributed by atoms with Gasteiger partial charge in [0.15, 0.2) is 0 Å². The third-order valence-corrected chi connectivity index (χ3v) is 3.34. The van der Waals surface area contributed by atoms with Crippen LogP contribution in [-0.2, 0) is 0 Å². The summed E-state index contributed by atoms with van der Waals surface area (Å²) in [6, 6.07) is 13.7. The topological polar surface area (TPSA) is 63.4 Å². The van der Waals surface area contributed by atoms with E-state index in [1.165, 1.54) is 17.7 Å². The Bertz CT molecular complexity index is 588. The summed E-state index contributed by atoms with van der Waals surface area (Å²) in [6.07, 6.45) is -0.767. The molecule has 0 saturated carbocycles. The smallest absolute Gasteiger partial charge is 0.269 e. The van der Waals surface area contributed by atoms with Crippen LogP contribution in [0.25, 0.3) is 0 Å². The zero-order chi connectivity index (χ0) is 14.7. The molecule has 2 aromatic rings. The first-order valence-electron chi connectivity index (χ1n) is 6.51. The fourth-order valence-electron chi connectivity index (χ4n) is 2.03. The average Bonchev–Trinajstić information content (AvgIpc) is 2.46. The summed E-state index contributed by atoms with van der Waals surface area (Å²) in [5, 5.41) is 20.9. The highest BCUT2D eigenvalue weighted by Gasteiger charge is 2.12. The van der Waals surface area contributed by atoms with Crippen molar-refractivity contribution in [3.05, 3.63) is 75.3 Å². The molecule has 0 amide bonds. The van der Waals surface area contributed by atoms with Crippen molar-refractivity contribution in [3.63, 3.8) is 0 Å². The van der Waals surface area contributed by atoms with E-state index in [2.05, 4.69) is 13.8 Å². The van der Waals surface area contributed by atoms with Crippen molar-refractivity contribution in [3.8, 4) is 0 Å². The minimum absolute atomic E-state index is 0.0242. The van der Waals surface area contributed by atoms with E-state index in [-0.39, 0.29) is 5.69 Å². The first kappa shape index (κ1) is 14.2. The summed E-state index contributed by atoms with van der Waals surface area (Å²) in [5.74, 6) is 0.445. The van der Waals surface area contributed by atoms with Gasteiger partial charge in [-0.15, -0.1) is 0 Å². The fraction of sp³-hybridized carbons (Fsp3) is 0.250. The van der Waals surface area contributed by atoms with Crippen LogP contribution in [0.15, 0.2) is 48.5 Å². The summed E-state index contributed by atoms with van der Waals surface area (Å²) >= 11 is 0. The number of nitro groups is 1. The normalized spacial score (nSPS) is 12.4. The van der Waals surface area contributed by atoms with Crippen LogP contribution in [0.3, 0.4) is 0 Å². The molecule has 0 fully saturated rings. The molecule has 2 aromatic carbocycles. The van der Waals surface area contributed by atoms with Crippen LogP contribution in [-0.4, -0.2) is 10.0 Å². The Kier molecular flexibility index (Phi) is 4.15. The van der Waals surface area contributed by atoms with Gasteiger partial charge in [-0.2, -0.15) is 0 Å². The SMILES string of the molecule is CC(C)c1ccc([C@H](O)c2ccc([N+](=O)[O-])cc2)cc1. The van der Waals surface area contributed by atoms with Crippen LogP contribution < -0.4 is 0 Å². The zero-order valence-electron chi connectivity index (χ0n) is 11.5. The lowest BCUT2D eigenvalue weighted by Crippen LogP contribution is -2.00. The quantitative estimate of drug-likeness (QED) is 0.679. The molecule has 2 rings (SSSR count). The van der Waals surface area contributed by atoms with Gasteiger partial charge in [-0.05, 0) is 34.7 Å². The Morgan fingerprint density at radius 1 is 0.900 bits per heavy atom. The molecule has 0 spiro atoms. The van der Waals surface area contributed by atoms with Gasteiger partial charge in [-0.3, -0.25) is 10.1 Å². The zero-order valence-corrected chi connectivity index (χ0v) is 11.5. The first-order chi connectivity index (χ1) is 9.49. The molecule has 0 aromatic heterocycles. The lowest BCUT2D eigenvalue weighted by molar-refractivity contribution is -0.384. The van der Waals surface area contributed by atoms with Crippen molar-refractivity contribution in [2.45, 2.75) is 25.9 Å². The van der Waals surface area contributed by atoms with Crippen LogP contribution >= 0.6 is 0 Å². The maximum Gasteiger partial charge on any atom is 0.269 e. The average molecular weight is 271 g/mol. The summed E-state index contributed by atoms with van der Waals surface area (Å²) in [7, 11) is 0. The van der Waals surface area contributed by atoms with Gasteiger partial charge >= 0.3 is 0 Å². The Balaban J connectivity index is 2.21. The Morgan fingerprint density at radius 3 is 1.70 bits per heavy atom. The molecule has 0 aliphatic heterocycles. The van der Waals surface area contributed by atoms with Crippen LogP contribution in [0.1, 0.15) is 42.6 Å². The van der Waals surface area contributed by atoms with E-state index in [9.17, 15) is 15.2 Å². The number of nitrogens with zero attached hydrogens (tertiary/aromatic N) is 1. The first-order valence-corrected chi connectivity index (χ1v) is 6.51. The molecule has 0 aliphatic rings. The number of nitro benzene ring substituents is 1. The minimum atomic E-state index is -0.767. The highest BCUT2D eigenvalue weighted by Crippen LogP contribution is 2.25. The van der Waals surface area contributed by atoms with E-state index < -0.39 is 11.0 Å². The van der Waals surface area contributed by atoms with E-state index in [4.69, 9.17) is 0 Å². The van der Waals surface area contributed by atoms with Gasteiger partial charge in [0, 0.05) is 12.1 Å². The van der Waals surface area contributed by atoms with Crippen molar-refractivity contribution in [1.82, 2.24) is 0 Å². The number of hydrogen-bond acceptors (Lipinski definition) is 3. The van der Waals surface area contributed by atoms with E-state index in [1.54, 1.807) is 12.1 Å². The molecule has 104 valence electrons. The molecule has 0 saturated heterocycles. The van der Waals surface area contributed by atoms with Crippen LogP contribution in [0.2, 0.25) is 0 Å². The number of aliphatic hydroxyl groups is 1. The number of non-ortho nitro benzene ring substituents is 1. The summed E-state index contributed by atoms with van der Waals surface area (Å²) < 4.78 is 0. The van der Waals surface area contributed by atoms with E-state index in [0.717, 1.165) is 5.56 Å². The monoisotopic (exact) mass is 271 g/mol. The molecule has 20 heavy (non-hydrogen) atoms. The molecule has 0 bridgehead atoms. The molecule has 1 N–H and O–H groups in total. The maximum absolute atomic E-state index is 10.6. The van der Waals surface area contributed by atoms with Gasteiger partial charge < -0.3 is 5.11 Å². The van der Waals surface area contributed by atoms with Crippen molar-refractivity contribution in [2.24, 2.45) is 0 Å². The third-order valence-electron chi connectivity index (χ3n) is 3.34. The number of hydrogen-bond donors (Lipinski definition) is 1. The summed E-state index contributed by atoms with van der Waals surface area (Å²) in [5.41, 5.74) is 2.66. The van der Waals surface area contributed by atoms with E-state index >= 15 is 0 Å². The van der Waals surface area contributed by atoms with Gasteiger partial charge in [0.25, 0.3) is 5.69 Å². The highest BCUT2D eigenvalue weighted by molar-refractivity contribution is 5.38. The van der Waals surface area contributed by atoms with Crippen molar-refractivity contribution in [2.75, 3.05) is 0 Å². The highest BCUT2D eigenvalue weighted by atomic mass is 16.6. The van der Waals surface area contributed by atoms with E-state index in [0.29, 0.717) is 11.5 Å². The number of aliphatic hydroxyl groups excluding tert-OH is 1. The molecule has 0 heterocycles. The molecule has 0 aliphatic carbocycles. The standard InChI is InChI=1S/C16H17NO3/c1-11(2)12-3-5-13(6-4-12)16(18)14-7-9-15(10-8-14)17(19)20/h3-11,16,18H,1-2H3/t16-/m0/s1. The van der Waals surface area contributed by atoms with Gasteiger partial charge in [0.05, 0.1) is 4.92 Å². The second-order valence-corrected chi connectivity index (χ2v) is 5.07. The second kappa shape index (κ2) is 5.84. The largest absolute Gasteiger partial charge is 0.384 e. The van der Waals surface area contributed by atoms with Gasteiger partial charge in [-0.1, -0.05) is 38.1 Å². The lowest BCUT2D eigenvalue weighted by atomic mass is 9.97. The number of benzene rings is 2. The van der Waals surface area contributed by atoms with E-state index in [1.807, 2.05) is 24.3 Å². The molecule has 0 unspecified atom stereocenters. The van der Waals surface area contributed by atoms with Gasteiger partial charge in [0.2, 0.25) is 0 Å². The summed E-state index contributed by atoms with van der Waals surface area (Å²) in [4.78, 5) is 10.1. The van der Waals surface area contributed by atoms with Crippen LogP contribution in [0, 0.1) is 10.1 Å². The Hall–Kier alpha value is -2.20. The number of rotatable bonds is 4. The van der Waals surface area contributed by atoms with Crippen molar-refractivity contribution in [1.29, 1.82) is 0 Å². The van der Waals surface area contributed by atoms with Gasteiger partial charge in [0.1, 0.15) is 6.10 Å². The minimum Gasteiger partial charge on any atom is -0.384 e. The summed E-state index contributed by atoms with van der Waals surface area (Å²) in [6.45, 7) is 4.23. The third kappa shape index (κ3) is 3.03. The Morgan fingerprint density at radius 2 is 1.30 bits per heavy atom. The molecule has 1 atom stereocenters. The molecule has 0 radical (unpaired) electrons. The molecule has 4 heteroatoms. The lowest BCUT2D eigenvalue weighted by Gasteiger charge is -2.13. The molecular weight excluding hydrogens is 254 g/mol.